The minimum absolute atomic E-state index is 0.221. The Morgan fingerprint density at radius 3 is 1.83 bits per heavy atom. The number of hydrogen-bond donors (Lipinski definition) is 0. The molecule has 1 aromatic heterocycles. The van der Waals surface area contributed by atoms with Crippen LogP contribution < -0.4 is 9.80 Å². The van der Waals surface area contributed by atoms with Gasteiger partial charge in [0.2, 0.25) is 0 Å². The van der Waals surface area contributed by atoms with Crippen molar-refractivity contribution in [1.82, 2.24) is 0 Å². The van der Waals surface area contributed by atoms with Crippen LogP contribution in [0.5, 0.6) is 0 Å². The fourth-order valence-corrected chi connectivity index (χ4v) is 10.8. The minimum Gasteiger partial charge on any atom is -0.451 e. The van der Waals surface area contributed by atoms with Crippen molar-refractivity contribution >= 4 is 77.6 Å². The molecule has 1 aliphatic heterocycles. The zero-order valence-electron chi connectivity index (χ0n) is 33.8. The highest BCUT2D eigenvalue weighted by molar-refractivity contribution is 6.18. The Morgan fingerprint density at radius 2 is 1.08 bits per heavy atom. The number of benzene rings is 10. The van der Waals surface area contributed by atoms with Gasteiger partial charge in [0.1, 0.15) is 0 Å². The predicted molar refractivity (Wildman–Crippen MR) is 254 cm³/mol. The molecule has 1 aliphatic carbocycles. The number of nitrogens with zero attached hydrogens (tertiary/aromatic N) is 3. The Kier molecular flexibility index (Phi) is 7.44. The van der Waals surface area contributed by atoms with E-state index in [9.17, 15) is 5.26 Å². The van der Waals surface area contributed by atoms with E-state index in [1.54, 1.807) is 6.07 Å². The SMILES string of the molecule is N#Cc1ccc(N(c2cc3c(c4ccccc24)-c2c(ccc4ccccc24)C32c3ccccc3N(c3ccccc3)c3ccccc32)c2cccc3c2oc2c(F)cccc23)cc1. The first-order valence-electron chi connectivity index (χ1n) is 21.2. The Labute approximate surface area is 362 Å². The lowest BCUT2D eigenvalue weighted by molar-refractivity contribution is 0.584. The Morgan fingerprint density at radius 1 is 0.476 bits per heavy atom. The molecule has 0 saturated heterocycles. The topological polar surface area (TPSA) is 43.4 Å². The molecule has 0 unspecified atom stereocenters. The fourth-order valence-electron chi connectivity index (χ4n) is 10.8. The van der Waals surface area contributed by atoms with Gasteiger partial charge in [0.25, 0.3) is 0 Å². The third kappa shape index (κ3) is 4.78. The van der Waals surface area contributed by atoms with E-state index in [1.807, 2.05) is 48.5 Å². The van der Waals surface area contributed by atoms with Crippen molar-refractivity contribution < 1.29 is 8.81 Å². The Balaban J connectivity index is 1.21. The van der Waals surface area contributed by atoms with Crippen LogP contribution in [0.2, 0.25) is 0 Å². The van der Waals surface area contributed by atoms with E-state index >= 15 is 4.39 Å². The van der Waals surface area contributed by atoms with Crippen molar-refractivity contribution in [1.29, 1.82) is 5.26 Å². The van der Waals surface area contributed by atoms with Crippen LogP contribution in [-0.4, -0.2) is 0 Å². The van der Waals surface area contributed by atoms with Gasteiger partial charge in [0.05, 0.1) is 39.8 Å². The molecule has 2 aliphatic rings. The molecule has 0 radical (unpaired) electrons. The monoisotopic (exact) mass is 807 g/mol. The second-order valence-electron chi connectivity index (χ2n) is 16.4. The molecule has 0 bridgehead atoms. The van der Waals surface area contributed by atoms with Crippen molar-refractivity contribution in [2.75, 3.05) is 9.80 Å². The molecule has 11 aromatic rings. The smallest absolute Gasteiger partial charge is 0.171 e. The minimum atomic E-state index is -0.753. The number of anilines is 6. The molecule has 294 valence electrons. The van der Waals surface area contributed by atoms with Gasteiger partial charge in [-0.25, -0.2) is 4.39 Å². The summed E-state index contributed by atoms with van der Waals surface area (Å²) in [6.45, 7) is 0. The maximum absolute atomic E-state index is 15.5. The lowest BCUT2D eigenvalue weighted by Gasteiger charge is -2.45. The zero-order valence-corrected chi connectivity index (χ0v) is 33.8. The first-order chi connectivity index (χ1) is 31.1. The van der Waals surface area contributed by atoms with Crippen molar-refractivity contribution in [3.63, 3.8) is 0 Å². The predicted octanol–water partition coefficient (Wildman–Crippen LogP) is 15.5. The van der Waals surface area contributed by atoms with Gasteiger partial charge in [0.15, 0.2) is 17.0 Å². The lowest BCUT2D eigenvalue weighted by Crippen LogP contribution is -2.36. The average Bonchev–Trinajstić information content (AvgIpc) is 3.88. The van der Waals surface area contributed by atoms with E-state index in [4.69, 9.17) is 4.42 Å². The summed E-state index contributed by atoms with van der Waals surface area (Å²) in [5.74, 6) is -0.409. The number of rotatable bonds is 4. The lowest BCUT2D eigenvalue weighted by atomic mass is 9.64. The number of furan rings is 1. The van der Waals surface area contributed by atoms with Crippen molar-refractivity contribution in [3.05, 3.63) is 240 Å². The Hall–Kier alpha value is -8.46. The van der Waals surface area contributed by atoms with Crippen molar-refractivity contribution in [3.8, 4) is 17.2 Å². The van der Waals surface area contributed by atoms with E-state index in [0.29, 0.717) is 16.5 Å². The largest absolute Gasteiger partial charge is 0.451 e. The first kappa shape index (κ1) is 35.3. The van der Waals surface area contributed by atoms with Crippen LogP contribution in [0.25, 0.3) is 54.6 Å². The number of halogens is 1. The number of nitriles is 1. The molecule has 2 heterocycles. The van der Waals surface area contributed by atoms with E-state index < -0.39 is 11.2 Å². The van der Waals surface area contributed by atoms with Crippen molar-refractivity contribution in [2.45, 2.75) is 5.41 Å². The van der Waals surface area contributed by atoms with Gasteiger partial charge in [0, 0.05) is 27.5 Å². The van der Waals surface area contributed by atoms with Gasteiger partial charge in [-0.2, -0.15) is 5.26 Å². The van der Waals surface area contributed by atoms with Gasteiger partial charge in [-0.3, -0.25) is 0 Å². The van der Waals surface area contributed by atoms with Crippen LogP contribution in [-0.2, 0) is 5.41 Å². The first-order valence-corrected chi connectivity index (χ1v) is 21.2. The molecule has 0 fully saturated rings. The maximum atomic E-state index is 15.5. The van der Waals surface area contributed by atoms with E-state index in [2.05, 4.69) is 161 Å². The highest BCUT2D eigenvalue weighted by atomic mass is 19.1. The number of para-hydroxylation sites is 5. The van der Waals surface area contributed by atoms with Crippen molar-refractivity contribution in [2.24, 2.45) is 0 Å². The summed E-state index contributed by atoms with van der Waals surface area (Å²) in [6.07, 6.45) is 0. The number of hydrogen-bond acceptors (Lipinski definition) is 4. The van der Waals surface area contributed by atoms with Crippen LogP contribution in [0.4, 0.5) is 38.5 Å². The van der Waals surface area contributed by atoms with E-state index in [0.717, 1.165) is 55.8 Å². The quantitative estimate of drug-likeness (QED) is 0.178. The van der Waals surface area contributed by atoms with E-state index in [1.165, 1.54) is 44.7 Å². The molecule has 4 nitrogen and oxygen atoms in total. The van der Waals surface area contributed by atoms with Crippen LogP contribution in [0, 0.1) is 17.1 Å². The third-order valence-corrected chi connectivity index (χ3v) is 13.3. The van der Waals surface area contributed by atoms with Gasteiger partial charge < -0.3 is 14.2 Å². The highest BCUT2D eigenvalue weighted by Crippen LogP contribution is 2.66. The average molecular weight is 808 g/mol. The summed E-state index contributed by atoms with van der Waals surface area (Å²) < 4.78 is 22.1. The standard InChI is InChI=1S/C58H34FN3O/c59-49-24-12-20-43-44-21-13-27-52(57(44)63-56(43)49)62(39-31-28-36(35-60)29-32-39)53-34-48-55(42-19-7-6-18-41(42)53)54-40-17-5-4-14-37(40)30-33-47(54)58(48)45-22-8-10-25-50(45)61(38-15-2-1-3-16-38)51-26-11-9-23-46(51)58/h1-34H. The fraction of sp³-hybridized carbons (Fsp3) is 0.0172. The zero-order chi connectivity index (χ0) is 41.8. The highest BCUT2D eigenvalue weighted by Gasteiger charge is 2.53. The van der Waals surface area contributed by atoms with E-state index in [-0.39, 0.29) is 5.58 Å². The molecule has 13 rings (SSSR count). The van der Waals surface area contributed by atoms with Crippen LogP contribution in [0.1, 0.15) is 27.8 Å². The van der Waals surface area contributed by atoms with Crippen LogP contribution in [0.15, 0.2) is 211 Å². The molecule has 63 heavy (non-hydrogen) atoms. The molecular formula is C58H34FN3O. The maximum Gasteiger partial charge on any atom is 0.171 e. The van der Waals surface area contributed by atoms with Crippen LogP contribution in [0.3, 0.4) is 0 Å². The second-order valence-corrected chi connectivity index (χ2v) is 16.4. The third-order valence-electron chi connectivity index (χ3n) is 13.3. The number of fused-ring (bicyclic) bond motifs is 16. The van der Waals surface area contributed by atoms with Gasteiger partial charge in [-0.1, -0.05) is 140 Å². The summed E-state index contributed by atoms with van der Waals surface area (Å²) in [5, 5.41) is 16.0. The summed E-state index contributed by atoms with van der Waals surface area (Å²) in [6, 6.07) is 74.0. The van der Waals surface area contributed by atoms with Gasteiger partial charge >= 0.3 is 0 Å². The molecule has 5 heteroatoms. The molecule has 10 aromatic carbocycles. The second kappa shape index (κ2) is 13.3. The summed E-state index contributed by atoms with van der Waals surface area (Å²) >= 11 is 0. The van der Waals surface area contributed by atoms with Crippen LogP contribution >= 0.6 is 0 Å². The summed E-state index contributed by atoms with van der Waals surface area (Å²) in [7, 11) is 0. The molecule has 0 amide bonds. The Bertz CT molecular complexity index is 3690. The summed E-state index contributed by atoms with van der Waals surface area (Å²) in [5.41, 5.74) is 13.6. The summed E-state index contributed by atoms with van der Waals surface area (Å²) in [4.78, 5) is 4.64. The molecule has 0 N–H and O–H groups in total. The molecule has 1 spiro atoms. The van der Waals surface area contributed by atoms with Gasteiger partial charge in [-0.15, -0.1) is 0 Å². The normalized spacial score (nSPS) is 13.2. The van der Waals surface area contributed by atoms with Gasteiger partial charge in [-0.05, 0) is 116 Å². The molecule has 0 saturated carbocycles. The molecular weight excluding hydrogens is 774 g/mol. The molecule has 0 atom stereocenters.